The van der Waals surface area contributed by atoms with E-state index in [1.807, 2.05) is 17.8 Å². The number of hydrogen-bond donors (Lipinski definition) is 1. The lowest BCUT2D eigenvalue weighted by Crippen LogP contribution is -2.18. The first kappa shape index (κ1) is 18.8. The Morgan fingerprint density at radius 3 is 2.85 bits per heavy atom. The monoisotopic (exact) mass is 361 g/mol. The predicted octanol–water partition coefficient (Wildman–Crippen LogP) is 3.43. The van der Waals surface area contributed by atoms with Crippen LogP contribution in [0, 0.1) is 36.5 Å². The molecule has 2 aromatic heterocycles. The van der Waals surface area contributed by atoms with E-state index in [4.69, 9.17) is 6.42 Å². The third-order valence-electron chi connectivity index (χ3n) is 5.23. The van der Waals surface area contributed by atoms with E-state index in [1.165, 1.54) is 19.2 Å². The Bertz CT molecular complexity index is 910. The van der Waals surface area contributed by atoms with Gasteiger partial charge in [0.05, 0.1) is 36.5 Å². The van der Waals surface area contributed by atoms with Gasteiger partial charge in [0.1, 0.15) is 6.33 Å². The minimum absolute atomic E-state index is 0.0178. The lowest BCUT2D eigenvalue weighted by atomic mass is 9.96. The molecule has 6 nitrogen and oxygen atoms in total. The summed E-state index contributed by atoms with van der Waals surface area (Å²) in [5, 5.41) is 23.8. The lowest BCUT2D eigenvalue weighted by Gasteiger charge is -2.21. The Labute approximate surface area is 159 Å². The van der Waals surface area contributed by atoms with E-state index < -0.39 is 0 Å². The minimum Gasteiger partial charge on any atom is -0.390 e. The largest absolute Gasteiger partial charge is 0.390 e. The number of terminal acetylenes is 1. The molecule has 6 heteroatoms. The summed E-state index contributed by atoms with van der Waals surface area (Å²) >= 11 is 0. The van der Waals surface area contributed by atoms with E-state index in [-0.39, 0.29) is 12.6 Å². The van der Waals surface area contributed by atoms with Gasteiger partial charge < -0.3 is 5.11 Å². The van der Waals surface area contributed by atoms with Crippen LogP contribution < -0.4 is 0 Å². The van der Waals surface area contributed by atoms with Crippen LogP contribution in [0.3, 0.4) is 0 Å². The molecule has 0 aromatic carbocycles. The standard InChI is InChI=1S/C21H23N5O/c1-3-4-9-17-15(2)23-14-24-21(17)18-12-26(25-19(18)13-27)20(10-11-22)16-7-5-6-8-16/h1,4,9,12,14,16,20,27H,5-8,10,13H2,2H3/b9-4-. The van der Waals surface area contributed by atoms with Gasteiger partial charge in [-0.3, -0.25) is 4.68 Å². The third kappa shape index (κ3) is 3.92. The number of rotatable bonds is 6. The maximum atomic E-state index is 9.87. The van der Waals surface area contributed by atoms with Gasteiger partial charge in [0.25, 0.3) is 0 Å². The van der Waals surface area contributed by atoms with Crippen molar-refractivity contribution in [3.05, 3.63) is 35.6 Å². The van der Waals surface area contributed by atoms with Crippen molar-refractivity contribution in [3.8, 4) is 29.7 Å². The third-order valence-corrected chi connectivity index (χ3v) is 5.23. The van der Waals surface area contributed by atoms with Crippen molar-refractivity contribution < 1.29 is 5.11 Å². The fourth-order valence-corrected chi connectivity index (χ4v) is 3.85. The zero-order chi connectivity index (χ0) is 19.2. The van der Waals surface area contributed by atoms with Gasteiger partial charge in [0.2, 0.25) is 0 Å². The summed E-state index contributed by atoms with van der Waals surface area (Å²) in [6.07, 6.45) is 17.2. The Balaban J connectivity index is 2.08. The molecule has 0 bridgehead atoms. The Kier molecular flexibility index (Phi) is 6.01. The van der Waals surface area contributed by atoms with Crippen LogP contribution in [0.5, 0.6) is 0 Å². The van der Waals surface area contributed by atoms with Crippen molar-refractivity contribution in [1.82, 2.24) is 19.7 Å². The second-order valence-electron chi connectivity index (χ2n) is 6.82. The van der Waals surface area contributed by atoms with Crippen molar-refractivity contribution in [3.63, 3.8) is 0 Å². The molecule has 0 aliphatic heterocycles. The molecule has 1 N–H and O–H groups in total. The number of allylic oxidation sites excluding steroid dienone is 1. The first-order valence-electron chi connectivity index (χ1n) is 9.20. The molecule has 0 amide bonds. The molecule has 3 rings (SSSR count). The van der Waals surface area contributed by atoms with Gasteiger partial charge in [0.15, 0.2) is 0 Å². The Morgan fingerprint density at radius 2 is 2.19 bits per heavy atom. The number of aliphatic hydroxyl groups excluding tert-OH is 1. The number of hydrogen-bond acceptors (Lipinski definition) is 5. The topological polar surface area (TPSA) is 87.6 Å². The molecule has 0 radical (unpaired) electrons. The average molecular weight is 361 g/mol. The maximum absolute atomic E-state index is 9.87. The van der Waals surface area contributed by atoms with Gasteiger partial charge in [-0.25, -0.2) is 9.97 Å². The highest BCUT2D eigenvalue weighted by atomic mass is 16.3. The molecule has 1 saturated carbocycles. The summed E-state index contributed by atoms with van der Waals surface area (Å²) < 4.78 is 1.85. The van der Waals surface area contributed by atoms with E-state index in [9.17, 15) is 10.4 Å². The van der Waals surface area contributed by atoms with Gasteiger partial charge in [-0.05, 0) is 37.8 Å². The second-order valence-corrected chi connectivity index (χ2v) is 6.82. The molecule has 1 aliphatic carbocycles. The van der Waals surface area contributed by atoms with E-state index in [0.29, 0.717) is 23.7 Å². The van der Waals surface area contributed by atoms with E-state index >= 15 is 0 Å². The summed E-state index contributed by atoms with van der Waals surface area (Å²) in [5.41, 5.74) is 3.59. The summed E-state index contributed by atoms with van der Waals surface area (Å²) in [5.74, 6) is 2.93. The normalized spacial score (nSPS) is 15.7. The fourth-order valence-electron chi connectivity index (χ4n) is 3.85. The fraction of sp³-hybridized carbons (Fsp3) is 0.429. The van der Waals surface area contributed by atoms with E-state index in [2.05, 4.69) is 27.1 Å². The highest BCUT2D eigenvalue weighted by Gasteiger charge is 2.28. The highest BCUT2D eigenvalue weighted by molar-refractivity contribution is 5.74. The van der Waals surface area contributed by atoms with Crippen LogP contribution in [0.25, 0.3) is 17.3 Å². The molecular weight excluding hydrogens is 338 g/mol. The average Bonchev–Trinajstić information content (AvgIpc) is 3.35. The Morgan fingerprint density at radius 1 is 1.41 bits per heavy atom. The number of aromatic nitrogens is 4. The molecule has 1 unspecified atom stereocenters. The minimum atomic E-state index is -0.201. The van der Waals surface area contributed by atoms with Gasteiger partial charge in [-0.2, -0.15) is 10.4 Å². The maximum Gasteiger partial charge on any atom is 0.116 e. The second kappa shape index (κ2) is 8.62. The summed E-state index contributed by atoms with van der Waals surface area (Å²) in [7, 11) is 0. The van der Waals surface area contributed by atoms with Crippen LogP contribution in [0.1, 0.15) is 55.1 Å². The number of aryl methyl sites for hydroxylation is 1. The van der Waals surface area contributed by atoms with Gasteiger partial charge in [0, 0.05) is 23.0 Å². The van der Waals surface area contributed by atoms with Crippen LogP contribution in [-0.4, -0.2) is 24.9 Å². The first-order chi connectivity index (χ1) is 13.2. The zero-order valence-corrected chi connectivity index (χ0v) is 15.5. The van der Waals surface area contributed by atoms with Gasteiger partial charge >= 0.3 is 0 Å². The molecule has 2 heterocycles. The van der Waals surface area contributed by atoms with Crippen molar-refractivity contribution in [1.29, 1.82) is 5.26 Å². The quantitative estimate of drug-likeness (QED) is 0.797. The van der Waals surface area contributed by atoms with Crippen molar-refractivity contribution >= 4 is 6.08 Å². The molecular formula is C21H23N5O. The zero-order valence-electron chi connectivity index (χ0n) is 15.5. The van der Waals surface area contributed by atoms with Crippen molar-refractivity contribution in [2.24, 2.45) is 5.92 Å². The molecule has 27 heavy (non-hydrogen) atoms. The highest BCUT2D eigenvalue weighted by Crippen LogP contribution is 2.37. The van der Waals surface area contributed by atoms with Crippen LogP contribution >= 0.6 is 0 Å². The van der Waals surface area contributed by atoms with Crippen LogP contribution in [-0.2, 0) is 6.61 Å². The molecule has 1 fully saturated rings. The van der Waals surface area contributed by atoms with E-state index in [0.717, 1.165) is 29.7 Å². The van der Waals surface area contributed by atoms with Crippen LogP contribution in [0.4, 0.5) is 0 Å². The number of nitrogens with zero attached hydrogens (tertiary/aromatic N) is 5. The van der Waals surface area contributed by atoms with Crippen LogP contribution in [0.2, 0.25) is 0 Å². The molecule has 0 saturated heterocycles. The Hall–Kier alpha value is -2.96. The van der Waals surface area contributed by atoms with E-state index in [1.54, 1.807) is 12.2 Å². The number of nitriles is 1. The first-order valence-corrected chi connectivity index (χ1v) is 9.20. The molecule has 0 spiro atoms. The van der Waals surface area contributed by atoms with Crippen molar-refractivity contribution in [2.45, 2.75) is 51.7 Å². The molecule has 1 atom stereocenters. The summed E-state index contributed by atoms with van der Waals surface area (Å²) in [6, 6.07) is 2.31. The smallest absolute Gasteiger partial charge is 0.116 e. The summed E-state index contributed by atoms with van der Waals surface area (Å²) in [4.78, 5) is 8.67. The van der Waals surface area contributed by atoms with Crippen molar-refractivity contribution in [2.75, 3.05) is 0 Å². The summed E-state index contributed by atoms with van der Waals surface area (Å²) in [6.45, 7) is 1.69. The van der Waals surface area contributed by atoms with Gasteiger partial charge in [-0.1, -0.05) is 18.8 Å². The molecule has 1 aliphatic rings. The predicted molar refractivity (Wildman–Crippen MR) is 103 cm³/mol. The number of aliphatic hydroxyl groups is 1. The lowest BCUT2D eigenvalue weighted by molar-refractivity contribution is 0.268. The molecule has 138 valence electrons. The van der Waals surface area contributed by atoms with Crippen LogP contribution in [0.15, 0.2) is 18.6 Å². The SMILES string of the molecule is C#C/C=C\c1c(C)ncnc1-c1cn(C(CC#N)C2CCCC2)nc1CO. The molecule has 2 aromatic rings. The van der Waals surface area contributed by atoms with Gasteiger partial charge in [-0.15, -0.1) is 6.42 Å².